The van der Waals surface area contributed by atoms with Crippen molar-refractivity contribution in [2.75, 3.05) is 34.7 Å². The summed E-state index contributed by atoms with van der Waals surface area (Å²) in [6.45, 7) is 12.3. The van der Waals surface area contributed by atoms with Gasteiger partial charge in [-0.15, -0.1) is 0 Å². The first-order chi connectivity index (χ1) is 25.1. The highest BCUT2D eigenvalue weighted by molar-refractivity contribution is 6.04. The molecule has 4 rings (SSSR count). The summed E-state index contributed by atoms with van der Waals surface area (Å²) in [6.07, 6.45) is 3.03. The summed E-state index contributed by atoms with van der Waals surface area (Å²) in [4.78, 5) is 29.8. The molecule has 0 aromatic heterocycles. The lowest BCUT2D eigenvalue weighted by Gasteiger charge is -2.38. The van der Waals surface area contributed by atoms with Crippen LogP contribution in [0.4, 0.5) is 0 Å². The average molecular weight is 718 g/mol. The van der Waals surface area contributed by atoms with E-state index in [2.05, 4.69) is 43.2 Å². The first-order valence-corrected chi connectivity index (χ1v) is 18.3. The van der Waals surface area contributed by atoms with Crippen LogP contribution in [-0.4, -0.2) is 80.2 Å². The van der Waals surface area contributed by atoms with E-state index >= 15 is 0 Å². The van der Waals surface area contributed by atoms with Crippen molar-refractivity contribution in [1.82, 2.24) is 20.4 Å². The number of fused-ring (bicyclic) bond motifs is 2. The van der Waals surface area contributed by atoms with E-state index in [1.54, 1.807) is 25.1 Å². The van der Waals surface area contributed by atoms with Crippen molar-refractivity contribution in [3.63, 3.8) is 0 Å². The van der Waals surface area contributed by atoms with Gasteiger partial charge in [0.1, 0.15) is 6.04 Å². The Morgan fingerprint density at radius 1 is 0.925 bits per heavy atom. The molecule has 0 saturated carbocycles. The molecule has 3 aromatic rings. The molecule has 4 atom stereocenters. The fourth-order valence-corrected chi connectivity index (χ4v) is 6.94. The summed E-state index contributed by atoms with van der Waals surface area (Å²) >= 11 is 0. The maximum absolute atomic E-state index is 13.2. The van der Waals surface area contributed by atoms with Crippen molar-refractivity contribution in [2.45, 2.75) is 77.3 Å². The minimum atomic E-state index is -1.22. The topological polar surface area (TPSA) is 145 Å². The van der Waals surface area contributed by atoms with Crippen LogP contribution in [0.15, 0.2) is 67.2 Å². The molecule has 0 aliphatic heterocycles. The molecule has 1 aliphatic rings. The minimum absolute atomic E-state index is 0.0269. The van der Waals surface area contributed by atoms with Gasteiger partial charge in [0.25, 0.3) is 5.91 Å². The molecule has 53 heavy (non-hydrogen) atoms. The number of aryl methyl sites for hydroxylation is 3. The van der Waals surface area contributed by atoms with E-state index in [1.807, 2.05) is 81.4 Å². The second-order valence-corrected chi connectivity index (χ2v) is 14.8. The Bertz CT molecular complexity index is 1820. The zero-order valence-corrected chi connectivity index (χ0v) is 32.5. The molecule has 10 nitrogen and oxygen atoms in total. The SMILES string of the molecule is C=C(c1ccc2c(c1)CCc1cc(C(=O)N(C)C)ccc1C2(C[C@@H](C)NCC(=O)NC(C#N)C[C@@H](C)CC)C(=N)OC(=N)c1ccc(C)cc1)N(C)C. The lowest BCUT2D eigenvalue weighted by atomic mass is 9.68. The summed E-state index contributed by atoms with van der Waals surface area (Å²) in [6, 6.07) is 20.5. The number of nitrogens with one attached hydrogen (secondary N) is 4. The van der Waals surface area contributed by atoms with Crippen LogP contribution in [0, 0.1) is 35.0 Å². The van der Waals surface area contributed by atoms with Crippen LogP contribution in [0.2, 0.25) is 0 Å². The highest BCUT2D eigenvalue weighted by atomic mass is 16.5. The van der Waals surface area contributed by atoms with Gasteiger partial charge in [0.15, 0.2) is 0 Å². The Labute approximate surface area is 315 Å². The van der Waals surface area contributed by atoms with Gasteiger partial charge in [-0.3, -0.25) is 20.4 Å². The first-order valence-electron chi connectivity index (χ1n) is 18.3. The predicted octanol–water partition coefficient (Wildman–Crippen LogP) is 6.45. The molecule has 0 spiro atoms. The lowest BCUT2D eigenvalue weighted by molar-refractivity contribution is -0.120. The number of ether oxygens (including phenoxy) is 1. The number of amides is 2. The maximum Gasteiger partial charge on any atom is 0.253 e. The second kappa shape index (κ2) is 17.5. The quantitative estimate of drug-likeness (QED) is 0.112. The molecule has 0 heterocycles. The van der Waals surface area contributed by atoms with Gasteiger partial charge in [0, 0.05) is 51.1 Å². The molecule has 1 aliphatic carbocycles. The van der Waals surface area contributed by atoms with Gasteiger partial charge in [0.05, 0.1) is 18.0 Å². The fraction of sp³-hybridized carbons (Fsp3) is 0.419. The average Bonchev–Trinajstić information content (AvgIpc) is 3.27. The molecule has 3 aromatic carbocycles. The van der Waals surface area contributed by atoms with Crippen LogP contribution >= 0.6 is 0 Å². The van der Waals surface area contributed by atoms with Crippen LogP contribution in [-0.2, 0) is 27.8 Å². The van der Waals surface area contributed by atoms with Crippen molar-refractivity contribution in [2.24, 2.45) is 5.92 Å². The van der Waals surface area contributed by atoms with Crippen LogP contribution in [0.1, 0.15) is 89.3 Å². The Morgan fingerprint density at radius 2 is 1.49 bits per heavy atom. The molecule has 0 fully saturated rings. The molecule has 2 amide bonds. The van der Waals surface area contributed by atoms with Crippen LogP contribution in [0.5, 0.6) is 0 Å². The predicted molar refractivity (Wildman–Crippen MR) is 212 cm³/mol. The second-order valence-electron chi connectivity index (χ2n) is 14.8. The molecule has 0 bridgehead atoms. The highest BCUT2D eigenvalue weighted by Crippen LogP contribution is 2.45. The van der Waals surface area contributed by atoms with Crippen molar-refractivity contribution < 1.29 is 14.3 Å². The van der Waals surface area contributed by atoms with Crippen molar-refractivity contribution in [3.8, 4) is 6.07 Å². The zero-order chi connectivity index (χ0) is 39.0. The summed E-state index contributed by atoms with van der Waals surface area (Å²) in [5, 5.41) is 34.7. The Morgan fingerprint density at radius 3 is 2.04 bits per heavy atom. The van der Waals surface area contributed by atoms with E-state index in [0.29, 0.717) is 42.7 Å². The van der Waals surface area contributed by atoms with Crippen molar-refractivity contribution in [1.29, 1.82) is 16.1 Å². The van der Waals surface area contributed by atoms with E-state index < -0.39 is 11.5 Å². The van der Waals surface area contributed by atoms with Gasteiger partial charge >= 0.3 is 0 Å². The largest absolute Gasteiger partial charge is 0.424 e. The van der Waals surface area contributed by atoms with E-state index in [1.165, 1.54) is 0 Å². The number of carbonyl (C=O) groups excluding carboxylic acids is 2. The number of benzene rings is 3. The molecule has 4 N–H and O–H groups in total. The Balaban J connectivity index is 1.85. The third-order valence-electron chi connectivity index (χ3n) is 10.3. The number of nitrogens with zero attached hydrogens (tertiary/aromatic N) is 3. The van der Waals surface area contributed by atoms with E-state index in [4.69, 9.17) is 10.1 Å². The van der Waals surface area contributed by atoms with Crippen LogP contribution in [0.3, 0.4) is 0 Å². The van der Waals surface area contributed by atoms with Gasteiger partial charge in [-0.2, -0.15) is 5.26 Å². The Kier molecular flexibility index (Phi) is 13.4. The standard InChI is InChI=1S/C43H55N7O3/c1-10-27(2)21-36(25-44)48-39(51)26-47-29(4)24-43(42(46)53-40(45)31-13-11-28(3)12-14-31)37-19-17-32(30(5)49(6)7)22-33(37)15-16-34-23-35(18-20-38(34)43)41(52)50(8)9/h11-14,17-20,22-23,27,29,36,45-47H,5,10,15-16,21,24,26H2,1-4,6-9H3,(H,48,51)/t27-,29+,36?,43?/m0/s1. The number of nitriles is 1. The number of hydrogen-bond acceptors (Lipinski definition) is 8. The van der Waals surface area contributed by atoms with Crippen molar-refractivity contribution in [3.05, 3.63) is 112 Å². The first kappa shape index (κ1) is 40.5. The summed E-state index contributed by atoms with van der Waals surface area (Å²) < 4.78 is 6.28. The van der Waals surface area contributed by atoms with Gasteiger partial charge in [-0.1, -0.05) is 62.7 Å². The monoisotopic (exact) mass is 717 g/mol. The molecule has 10 heteroatoms. The van der Waals surface area contributed by atoms with Crippen LogP contribution in [0.25, 0.3) is 5.70 Å². The molecular formula is C43H55N7O3. The van der Waals surface area contributed by atoms with Gasteiger partial charge in [-0.05, 0) is 104 Å². The normalized spacial score (nSPS) is 16.4. The Hall–Kier alpha value is -5.27. The smallest absolute Gasteiger partial charge is 0.253 e. The summed E-state index contributed by atoms with van der Waals surface area (Å²) in [5.41, 5.74) is 6.28. The van der Waals surface area contributed by atoms with E-state index in [-0.39, 0.29) is 36.2 Å². The third-order valence-corrected chi connectivity index (χ3v) is 10.3. The lowest BCUT2D eigenvalue weighted by Crippen LogP contribution is -2.48. The highest BCUT2D eigenvalue weighted by Gasteiger charge is 2.46. The molecular weight excluding hydrogens is 663 g/mol. The third kappa shape index (κ3) is 9.40. The van der Waals surface area contributed by atoms with Crippen molar-refractivity contribution >= 4 is 29.3 Å². The molecule has 2 unspecified atom stereocenters. The minimum Gasteiger partial charge on any atom is -0.424 e. The number of hydrogen-bond donors (Lipinski definition) is 4. The maximum atomic E-state index is 13.2. The van der Waals surface area contributed by atoms with Gasteiger partial charge < -0.3 is 25.2 Å². The number of rotatable bonds is 14. The van der Waals surface area contributed by atoms with Crippen LogP contribution < -0.4 is 10.6 Å². The molecule has 280 valence electrons. The van der Waals surface area contributed by atoms with E-state index in [0.717, 1.165) is 45.5 Å². The summed E-state index contributed by atoms with van der Waals surface area (Å²) in [5.74, 6) is -0.386. The van der Waals surface area contributed by atoms with Gasteiger partial charge in [-0.25, -0.2) is 0 Å². The zero-order valence-electron chi connectivity index (χ0n) is 32.5. The fourth-order valence-electron chi connectivity index (χ4n) is 6.94. The van der Waals surface area contributed by atoms with E-state index in [9.17, 15) is 20.3 Å². The van der Waals surface area contributed by atoms with Gasteiger partial charge in [0.2, 0.25) is 17.7 Å². The number of carbonyl (C=O) groups is 2. The summed E-state index contributed by atoms with van der Waals surface area (Å²) in [7, 11) is 7.34. The molecule has 0 saturated heterocycles. The molecule has 0 radical (unpaired) electrons.